The molecule has 9 nitrogen and oxygen atoms in total. The largest absolute Gasteiger partial charge is 0.497 e. The third-order valence-corrected chi connectivity index (χ3v) is 7.01. The van der Waals surface area contributed by atoms with Gasteiger partial charge in [-0.2, -0.15) is 0 Å². The Kier molecular flexibility index (Phi) is 6.65. The molecule has 0 aliphatic rings. The SMILES string of the molecule is COc1ccc(/C=N\OCc2nc3c4c(-c5ccccc5)c(-c5ccccc5)n(Cc5ccco5)c4ncn3n2)cc1. The highest BCUT2D eigenvalue weighted by Crippen LogP contribution is 2.42. The van der Waals surface area contributed by atoms with Gasteiger partial charge in [-0.25, -0.2) is 14.5 Å². The van der Waals surface area contributed by atoms with Crippen molar-refractivity contribution in [3.63, 3.8) is 0 Å². The summed E-state index contributed by atoms with van der Waals surface area (Å²) in [7, 11) is 1.64. The maximum atomic E-state index is 5.76. The number of fused-ring (bicyclic) bond motifs is 3. The number of rotatable bonds is 9. The zero-order chi connectivity index (χ0) is 28.3. The van der Waals surface area contributed by atoms with Crippen LogP contribution >= 0.6 is 0 Å². The molecule has 0 amide bonds. The van der Waals surface area contributed by atoms with E-state index in [2.05, 4.69) is 39.1 Å². The molecule has 0 atom stereocenters. The number of furan rings is 1. The summed E-state index contributed by atoms with van der Waals surface area (Å²) in [5.74, 6) is 2.11. The smallest absolute Gasteiger partial charge is 0.192 e. The molecule has 206 valence electrons. The maximum absolute atomic E-state index is 5.76. The number of hydrogen-bond donors (Lipinski definition) is 0. The van der Waals surface area contributed by atoms with E-state index in [9.17, 15) is 0 Å². The number of oxime groups is 1. The Morgan fingerprint density at radius 1 is 0.857 bits per heavy atom. The summed E-state index contributed by atoms with van der Waals surface area (Å²) in [5.41, 5.74) is 6.54. The van der Waals surface area contributed by atoms with Crippen LogP contribution in [0, 0.1) is 0 Å². The minimum atomic E-state index is 0.106. The lowest BCUT2D eigenvalue weighted by molar-refractivity contribution is 0.126. The van der Waals surface area contributed by atoms with Gasteiger partial charge in [0.05, 0.1) is 37.2 Å². The minimum absolute atomic E-state index is 0.106. The van der Waals surface area contributed by atoms with Crippen LogP contribution in [0.25, 0.3) is 39.1 Å². The Labute approximate surface area is 241 Å². The fourth-order valence-corrected chi connectivity index (χ4v) is 5.12. The number of nitrogens with zero attached hydrogens (tertiary/aromatic N) is 6. The Morgan fingerprint density at radius 2 is 1.62 bits per heavy atom. The molecule has 7 rings (SSSR count). The summed E-state index contributed by atoms with van der Waals surface area (Å²) < 4.78 is 14.9. The van der Waals surface area contributed by atoms with E-state index < -0.39 is 0 Å². The number of hydrogen-bond acceptors (Lipinski definition) is 7. The molecule has 0 unspecified atom stereocenters. The van der Waals surface area contributed by atoms with Crippen LogP contribution in [0.4, 0.5) is 0 Å². The summed E-state index contributed by atoms with van der Waals surface area (Å²) in [6.07, 6.45) is 5.02. The van der Waals surface area contributed by atoms with Crippen molar-refractivity contribution in [2.24, 2.45) is 5.16 Å². The standard InChI is InChI=1S/C33H26N6O3/c1-40-26-16-14-23(15-17-26)19-35-42-21-28-36-33-30-29(24-9-4-2-5-10-24)31(25-11-6-3-7-12-25)38(20-27-13-8-18-41-27)32(30)34-22-39(33)37-28/h2-19,22H,20-21H2,1H3/b35-19-. The van der Waals surface area contributed by atoms with Crippen LogP contribution in [0.15, 0.2) is 119 Å². The lowest BCUT2D eigenvalue weighted by Gasteiger charge is -2.11. The molecule has 0 spiro atoms. The van der Waals surface area contributed by atoms with E-state index in [1.54, 1.807) is 30.4 Å². The highest BCUT2D eigenvalue weighted by atomic mass is 16.6. The van der Waals surface area contributed by atoms with Gasteiger partial charge in [-0.1, -0.05) is 65.8 Å². The zero-order valence-electron chi connectivity index (χ0n) is 22.8. The maximum Gasteiger partial charge on any atom is 0.192 e. The van der Waals surface area contributed by atoms with Gasteiger partial charge in [0, 0.05) is 5.56 Å². The average Bonchev–Trinajstić information content (AvgIpc) is 3.78. The third-order valence-electron chi connectivity index (χ3n) is 7.01. The highest BCUT2D eigenvalue weighted by Gasteiger charge is 2.25. The van der Waals surface area contributed by atoms with Gasteiger partial charge in [0.2, 0.25) is 0 Å². The van der Waals surface area contributed by atoms with E-state index in [1.807, 2.05) is 72.8 Å². The first-order valence-electron chi connectivity index (χ1n) is 13.5. The molecule has 7 aromatic rings. The molecule has 0 bridgehead atoms. The summed E-state index contributed by atoms with van der Waals surface area (Å²) >= 11 is 0. The van der Waals surface area contributed by atoms with Crippen molar-refractivity contribution in [1.82, 2.24) is 24.1 Å². The molecule has 0 saturated heterocycles. The molecule has 0 aliphatic heterocycles. The molecule has 0 N–H and O–H groups in total. The molecule has 0 aliphatic carbocycles. The van der Waals surface area contributed by atoms with E-state index in [0.717, 1.165) is 50.5 Å². The second kappa shape index (κ2) is 11.1. The van der Waals surface area contributed by atoms with Crippen LogP contribution in [0.1, 0.15) is 17.1 Å². The first kappa shape index (κ1) is 25.3. The quantitative estimate of drug-likeness (QED) is 0.147. The predicted molar refractivity (Wildman–Crippen MR) is 160 cm³/mol. The Morgan fingerprint density at radius 3 is 2.33 bits per heavy atom. The van der Waals surface area contributed by atoms with Crippen LogP contribution < -0.4 is 4.74 Å². The fourth-order valence-electron chi connectivity index (χ4n) is 5.12. The van der Waals surface area contributed by atoms with Gasteiger partial charge in [-0.05, 0) is 53.1 Å². The van der Waals surface area contributed by atoms with Crippen molar-refractivity contribution >= 4 is 22.9 Å². The lowest BCUT2D eigenvalue weighted by atomic mass is 9.99. The molecular weight excluding hydrogens is 528 g/mol. The van der Waals surface area contributed by atoms with Crippen LogP contribution in [0.2, 0.25) is 0 Å². The molecule has 0 saturated carbocycles. The van der Waals surface area contributed by atoms with Crippen molar-refractivity contribution < 1.29 is 14.0 Å². The topological polar surface area (TPSA) is 92.0 Å². The van der Waals surface area contributed by atoms with Gasteiger partial charge < -0.3 is 18.6 Å². The fraction of sp³-hybridized carbons (Fsp3) is 0.0909. The molecule has 0 radical (unpaired) electrons. The summed E-state index contributed by atoms with van der Waals surface area (Å²) in [6, 6.07) is 32.0. The van der Waals surface area contributed by atoms with Crippen molar-refractivity contribution in [2.45, 2.75) is 13.2 Å². The van der Waals surface area contributed by atoms with E-state index >= 15 is 0 Å². The number of benzene rings is 3. The van der Waals surface area contributed by atoms with Crippen LogP contribution in [0.5, 0.6) is 5.75 Å². The van der Waals surface area contributed by atoms with E-state index in [0.29, 0.717) is 18.0 Å². The Balaban J connectivity index is 1.34. The number of aromatic nitrogens is 5. The molecule has 4 aromatic heterocycles. The second-order valence-corrected chi connectivity index (χ2v) is 9.64. The monoisotopic (exact) mass is 554 g/mol. The first-order chi connectivity index (χ1) is 20.8. The van der Waals surface area contributed by atoms with Gasteiger partial charge in [-0.3, -0.25) is 0 Å². The summed E-state index contributed by atoms with van der Waals surface area (Å²) in [4.78, 5) is 15.4. The second-order valence-electron chi connectivity index (χ2n) is 9.64. The predicted octanol–water partition coefficient (Wildman–Crippen LogP) is 6.61. The molecule has 9 heteroatoms. The summed E-state index contributed by atoms with van der Waals surface area (Å²) in [5, 5.41) is 9.65. The third kappa shape index (κ3) is 4.77. The number of ether oxygens (including phenoxy) is 1. The van der Waals surface area contributed by atoms with Gasteiger partial charge in [0.25, 0.3) is 0 Å². The molecule has 3 aromatic carbocycles. The lowest BCUT2D eigenvalue weighted by Crippen LogP contribution is -2.03. The van der Waals surface area contributed by atoms with Gasteiger partial charge in [0.1, 0.15) is 23.5 Å². The van der Waals surface area contributed by atoms with Crippen LogP contribution in [0.3, 0.4) is 0 Å². The number of methoxy groups -OCH3 is 1. The minimum Gasteiger partial charge on any atom is -0.497 e. The van der Waals surface area contributed by atoms with Crippen molar-refractivity contribution in [3.05, 3.63) is 127 Å². The Bertz CT molecular complexity index is 1980. The Hall–Kier alpha value is -5.70. The molecular formula is C33H26N6O3. The van der Waals surface area contributed by atoms with E-state index in [1.165, 1.54) is 0 Å². The molecule has 42 heavy (non-hydrogen) atoms. The summed E-state index contributed by atoms with van der Waals surface area (Å²) in [6.45, 7) is 0.614. The van der Waals surface area contributed by atoms with Gasteiger partial charge >= 0.3 is 0 Å². The average molecular weight is 555 g/mol. The normalized spacial score (nSPS) is 11.5. The highest BCUT2D eigenvalue weighted by molar-refractivity contribution is 6.09. The van der Waals surface area contributed by atoms with Crippen molar-refractivity contribution in [2.75, 3.05) is 7.11 Å². The molecule has 0 fully saturated rings. The van der Waals surface area contributed by atoms with Gasteiger partial charge in [0.15, 0.2) is 18.1 Å². The van der Waals surface area contributed by atoms with Crippen LogP contribution in [-0.2, 0) is 18.0 Å². The van der Waals surface area contributed by atoms with E-state index in [-0.39, 0.29) is 6.61 Å². The molecule has 4 heterocycles. The van der Waals surface area contributed by atoms with Crippen molar-refractivity contribution in [3.8, 4) is 28.1 Å². The van der Waals surface area contributed by atoms with Crippen LogP contribution in [-0.4, -0.2) is 37.5 Å². The van der Waals surface area contributed by atoms with Gasteiger partial charge in [-0.15, -0.1) is 5.10 Å². The van der Waals surface area contributed by atoms with Crippen molar-refractivity contribution in [1.29, 1.82) is 0 Å². The van der Waals surface area contributed by atoms with E-state index in [4.69, 9.17) is 24.0 Å². The first-order valence-corrected chi connectivity index (χ1v) is 13.5. The zero-order valence-corrected chi connectivity index (χ0v) is 22.8.